The Morgan fingerprint density at radius 2 is 1.40 bits per heavy atom. The van der Waals surface area contributed by atoms with Gasteiger partial charge in [0.2, 0.25) is 0 Å². The van der Waals surface area contributed by atoms with E-state index in [0.29, 0.717) is 6.42 Å². The molecule has 0 aliphatic heterocycles. The first kappa shape index (κ1) is 26.3. The first-order valence-electron chi connectivity index (χ1n) is 9.03. The van der Waals surface area contributed by atoms with Gasteiger partial charge in [0.05, 0.1) is 0 Å². The minimum Gasteiger partial charge on any atom is -0.371 e. The van der Waals surface area contributed by atoms with E-state index in [-0.39, 0.29) is 12.6 Å². The zero-order valence-electron chi connectivity index (χ0n) is 15.6. The molecule has 0 unspecified atom stereocenters. The van der Waals surface area contributed by atoms with Crippen LogP contribution in [0.1, 0.15) is 84.0 Å². The van der Waals surface area contributed by atoms with Crippen LogP contribution in [0.3, 0.4) is 0 Å². The number of carbonyl (C=O) groups excluding carboxylic acids is 1. The molecule has 0 saturated carbocycles. The van der Waals surface area contributed by atoms with Crippen molar-refractivity contribution in [2.45, 2.75) is 84.0 Å². The van der Waals surface area contributed by atoms with Gasteiger partial charge in [-0.05, 0) is 38.5 Å². The highest BCUT2D eigenvalue weighted by molar-refractivity contribution is 7.46. The molecule has 5 N–H and O–H groups in total. The molecule has 0 aliphatic rings. The smallest absolute Gasteiger partial charge is 0.371 e. The fourth-order valence-electron chi connectivity index (χ4n) is 2.26. The maximum atomic E-state index is 11.1. The molecular formula is C18H36NO5P. The van der Waals surface area contributed by atoms with Crippen molar-refractivity contribution in [1.29, 1.82) is 0 Å². The lowest BCUT2D eigenvalue weighted by Crippen LogP contribution is -2.01. The third-order valence-corrected chi connectivity index (χ3v) is 3.99. The molecule has 0 saturated heterocycles. The SMILES string of the molecule is CCCCC/C=C\C/C=C\CCCCCCCC(=O)OP(=O)(O)O.N. The molecule has 0 spiro atoms. The van der Waals surface area contributed by atoms with Crippen LogP contribution in [0.25, 0.3) is 0 Å². The summed E-state index contributed by atoms with van der Waals surface area (Å²) in [6, 6.07) is 0. The van der Waals surface area contributed by atoms with Crippen LogP contribution in [-0.4, -0.2) is 15.8 Å². The van der Waals surface area contributed by atoms with Gasteiger partial charge in [-0.25, -0.2) is 4.57 Å². The molecule has 0 amide bonds. The number of unbranched alkanes of at least 4 members (excludes halogenated alkanes) is 8. The van der Waals surface area contributed by atoms with Crippen LogP contribution < -0.4 is 6.15 Å². The van der Waals surface area contributed by atoms with E-state index in [1.807, 2.05) is 0 Å². The van der Waals surface area contributed by atoms with Gasteiger partial charge in [-0.3, -0.25) is 14.6 Å². The van der Waals surface area contributed by atoms with E-state index in [1.165, 1.54) is 25.7 Å². The molecule has 0 aromatic heterocycles. The summed E-state index contributed by atoms with van der Waals surface area (Å²) in [7, 11) is -4.67. The second-order valence-electron chi connectivity index (χ2n) is 5.93. The molecule has 0 aromatic rings. The van der Waals surface area contributed by atoms with Crippen LogP contribution in [0.4, 0.5) is 0 Å². The van der Waals surface area contributed by atoms with Gasteiger partial charge in [-0.2, -0.15) is 0 Å². The maximum Gasteiger partial charge on any atom is 0.526 e. The average Bonchev–Trinajstić information content (AvgIpc) is 2.49. The zero-order valence-corrected chi connectivity index (χ0v) is 16.5. The number of rotatable bonds is 15. The first-order valence-corrected chi connectivity index (χ1v) is 10.6. The highest BCUT2D eigenvalue weighted by Crippen LogP contribution is 2.36. The topological polar surface area (TPSA) is 119 Å². The average molecular weight is 377 g/mol. The lowest BCUT2D eigenvalue weighted by molar-refractivity contribution is -0.135. The number of hydrogen-bond acceptors (Lipinski definition) is 4. The van der Waals surface area contributed by atoms with Gasteiger partial charge in [0, 0.05) is 6.42 Å². The van der Waals surface area contributed by atoms with Crippen molar-refractivity contribution in [1.82, 2.24) is 6.15 Å². The van der Waals surface area contributed by atoms with Gasteiger partial charge in [0.25, 0.3) is 0 Å². The van der Waals surface area contributed by atoms with Gasteiger partial charge in [0.15, 0.2) is 0 Å². The van der Waals surface area contributed by atoms with Gasteiger partial charge in [-0.15, -0.1) is 0 Å². The molecular weight excluding hydrogens is 341 g/mol. The van der Waals surface area contributed by atoms with E-state index in [0.717, 1.165) is 38.5 Å². The van der Waals surface area contributed by atoms with Crippen LogP contribution in [0.5, 0.6) is 0 Å². The van der Waals surface area contributed by atoms with Crippen molar-refractivity contribution in [2.75, 3.05) is 0 Å². The lowest BCUT2D eigenvalue weighted by atomic mass is 10.1. The Kier molecular flexibility index (Phi) is 18.8. The number of phosphoric ester groups is 1. The van der Waals surface area contributed by atoms with Crippen molar-refractivity contribution in [2.24, 2.45) is 0 Å². The predicted octanol–water partition coefficient (Wildman–Crippen LogP) is 5.60. The standard InChI is InChI=1S/C18H33O5P.H3N/c1-2-3-4-5-6-7-8-9-10-11-12-13-14-15-16-17-18(19)23-24(20,21)22;/h6-7,9-10H,2-5,8,11-17H2,1H3,(H2,20,21,22);1H3/b7-6-,10-9-;. The third-order valence-electron chi connectivity index (χ3n) is 3.55. The van der Waals surface area contributed by atoms with E-state index in [9.17, 15) is 9.36 Å². The summed E-state index contributed by atoms with van der Waals surface area (Å²) in [4.78, 5) is 28.0. The van der Waals surface area contributed by atoms with Crippen molar-refractivity contribution >= 4 is 13.8 Å². The number of phosphoric acid groups is 1. The molecule has 0 heterocycles. The van der Waals surface area contributed by atoms with E-state index < -0.39 is 13.8 Å². The molecule has 0 aliphatic carbocycles. The Morgan fingerprint density at radius 1 is 0.880 bits per heavy atom. The molecule has 0 fully saturated rings. The molecule has 25 heavy (non-hydrogen) atoms. The minimum atomic E-state index is -4.67. The Balaban J connectivity index is 0. The summed E-state index contributed by atoms with van der Waals surface area (Å²) in [5, 5.41) is 0. The van der Waals surface area contributed by atoms with Crippen molar-refractivity contribution in [3.05, 3.63) is 24.3 Å². The maximum absolute atomic E-state index is 11.1. The van der Waals surface area contributed by atoms with Crippen molar-refractivity contribution in [3.8, 4) is 0 Å². The Labute approximate surface area is 152 Å². The van der Waals surface area contributed by atoms with Crippen LogP contribution in [0, 0.1) is 0 Å². The minimum absolute atomic E-state index is 0. The van der Waals surface area contributed by atoms with Gasteiger partial charge >= 0.3 is 13.8 Å². The Bertz CT molecular complexity index is 418. The second-order valence-corrected chi connectivity index (χ2v) is 7.10. The monoisotopic (exact) mass is 377 g/mol. The van der Waals surface area contributed by atoms with Crippen molar-refractivity contribution in [3.63, 3.8) is 0 Å². The third kappa shape index (κ3) is 23.1. The normalized spacial score (nSPS) is 11.8. The molecule has 0 radical (unpaired) electrons. The lowest BCUT2D eigenvalue weighted by Gasteiger charge is -2.04. The molecule has 0 atom stereocenters. The Hall–Kier alpha value is -0.940. The molecule has 6 nitrogen and oxygen atoms in total. The van der Waals surface area contributed by atoms with Crippen LogP contribution in [-0.2, 0) is 13.9 Å². The zero-order chi connectivity index (χ0) is 18.1. The summed E-state index contributed by atoms with van der Waals surface area (Å²) in [5.41, 5.74) is 0. The summed E-state index contributed by atoms with van der Waals surface area (Å²) >= 11 is 0. The van der Waals surface area contributed by atoms with Crippen molar-refractivity contribution < 1.29 is 23.7 Å². The van der Waals surface area contributed by atoms with Gasteiger partial charge < -0.3 is 10.7 Å². The highest BCUT2D eigenvalue weighted by atomic mass is 31.2. The number of allylic oxidation sites excluding steroid dienone is 4. The molecule has 0 rings (SSSR count). The summed E-state index contributed by atoms with van der Waals surface area (Å²) in [6.07, 6.45) is 20.8. The number of carbonyl (C=O) groups is 1. The number of hydrogen-bond donors (Lipinski definition) is 3. The fourth-order valence-corrected chi connectivity index (χ4v) is 2.62. The Morgan fingerprint density at radius 3 is 1.96 bits per heavy atom. The predicted molar refractivity (Wildman–Crippen MR) is 103 cm³/mol. The van der Waals surface area contributed by atoms with Gasteiger partial charge in [0.1, 0.15) is 0 Å². The van der Waals surface area contributed by atoms with E-state index in [1.54, 1.807) is 0 Å². The molecule has 0 bridgehead atoms. The van der Waals surface area contributed by atoms with Gasteiger partial charge in [-0.1, -0.05) is 63.3 Å². The fraction of sp³-hybridized carbons (Fsp3) is 0.722. The summed E-state index contributed by atoms with van der Waals surface area (Å²) in [6.45, 7) is 2.22. The molecule has 148 valence electrons. The molecule has 0 aromatic carbocycles. The second kappa shape index (κ2) is 17.9. The first-order chi connectivity index (χ1) is 11.5. The van der Waals surface area contributed by atoms with Crippen LogP contribution in [0.2, 0.25) is 0 Å². The largest absolute Gasteiger partial charge is 0.526 e. The van der Waals surface area contributed by atoms with E-state index >= 15 is 0 Å². The van der Waals surface area contributed by atoms with Crippen LogP contribution in [0.15, 0.2) is 24.3 Å². The summed E-state index contributed by atoms with van der Waals surface area (Å²) < 4.78 is 14.4. The molecule has 7 heteroatoms. The summed E-state index contributed by atoms with van der Waals surface area (Å²) in [5.74, 6) is -0.825. The van der Waals surface area contributed by atoms with E-state index in [4.69, 9.17) is 9.79 Å². The van der Waals surface area contributed by atoms with Crippen LogP contribution >= 0.6 is 7.82 Å². The quantitative estimate of drug-likeness (QED) is 0.194. The highest BCUT2D eigenvalue weighted by Gasteiger charge is 2.19. The van der Waals surface area contributed by atoms with E-state index in [2.05, 4.69) is 35.8 Å².